The van der Waals surface area contributed by atoms with Gasteiger partial charge in [-0.3, -0.25) is 9.89 Å². The van der Waals surface area contributed by atoms with Gasteiger partial charge in [-0.2, -0.15) is 5.10 Å². The van der Waals surface area contributed by atoms with Crippen LogP contribution in [0.25, 0.3) is 22.2 Å². The second-order valence-corrected chi connectivity index (χ2v) is 6.47. The molecule has 3 aromatic heterocycles. The van der Waals surface area contributed by atoms with Crippen molar-refractivity contribution in [3.05, 3.63) is 48.9 Å². The van der Waals surface area contributed by atoms with Crippen LogP contribution in [-0.2, 0) is 17.8 Å². The van der Waals surface area contributed by atoms with Gasteiger partial charge in [0.1, 0.15) is 17.8 Å². The molecular formula is C18H16N6O2. The molecule has 0 saturated heterocycles. The fourth-order valence-corrected chi connectivity index (χ4v) is 3.43. The van der Waals surface area contributed by atoms with Crippen LogP contribution in [0.3, 0.4) is 0 Å². The lowest BCUT2D eigenvalue weighted by Gasteiger charge is -2.22. The van der Waals surface area contributed by atoms with Crippen LogP contribution in [0.5, 0.6) is 0 Å². The van der Waals surface area contributed by atoms with E-state index in [4.69, 9.17) is 4.42 Å². The number of nitrogens with zero attached hydrogens (tertiary/aromatic N) is 4. The summed E-state index contributed by atoms with van der Waals surface area (Å²) in [5.41, 5.74) is 3.36. The number of carbonyl (C=O) groups is 1. The highest BCUT2D eigenvalue weighted by Crippen LogP contribution is 2.29. The molecule has 5 rings (SSSR count). The Morgan fingerprint density at radius 1 is 1.35 bits per heavy atom. The molecule has 26 heavy (non-hydrogen) atoms. The molecule has 0 radical (unpaired) electrons. The first kappa shape index (κ1) is 14.9. The number of aryl methyl sites for hydroxylation is 1. The van der Waals surface area contributed by atoms with Crippen LogP contribution in [0.1, 0.15) is 12.2 Å². The van der Waals surface area contributed by atoms with Crippen LogP contribution in [0, 0.1) is 5.92 Å². The molecular weight excluding hydrogens is 332 g/mol. The average Bonchev–Trinajstić information content (AvgIpc) is 3.40. The average molecular weight is 348 g/mol. The predicted molar refractivity (Wildman–Crippen MR) is 94.3 cm³/mol. The maximum absolute atomic E-state index is 12.7. The van der Waals surface area contributed by atoms with E-state index in [1.165, 1.54) is 0 Å². The van der Waals surface area contributed by atoms with Gasteiger partial charge >= 0.3 is 0 Å². The molecule has 0 unspecified atom stereocenters. The molecule has 0 aliphatic carbocycles. The third-order valence-corrected chi connectivity index (χ3v) is 4.83. The quantitative estimate of drug-likeness (QED) is 0.592. The van der Waals surface area contributed by atoms with E-state index >= 15 is 0 Å². The second-order valence-electron chi connectivity index (χ2n) is 6.47. The number of fused-ring (bicyclic) bond motifs is 2. The molecule has 1 aromatic carbocycles. The van der Waals surface area contributed by atoms with Crippen LogP contribution in [0.4, 0.5) is 5.69 Å². The Bertz CT molecular complexity index is 1080. The van der Waals surface area contributed by atoms with Gasteiger partial charge in [0.15, 0.2) is 0 Å². The van der Waals surface area contributed by atoms with Crippen LogP contribution in [0.2, 0.25) is 0 Å². The lowest BCUT2D eigenvalue weighted by molar-refractivity contribution is -0.120. The van der Waals surface area contributed by atoms with Crippen LogP contribution >= 0.6 is 0 Å². The highest BCUT2D eigenvalue weighted by molar-refractivity contribution is 5.98. The third-order valence-electron chi connectivity index (χ3n) is 4.83. The van der Waals surface area contributed by atoms with Gasteiger partial charge in [-0.1, -0.05) is 0 Å². The zero-order valence-electron chi connectivity index (χ0n) is 13.8. The number of carbonyl (C=O) groups excluding carboxylic acids is 1. The normalized spacial score (nSPS) is 16.5. The fraction of sp³-hybridized carbons (Fsp3) is 0.222. The van der Waals surface area contributed by atoms with Gasteiger partial charge in [-0.25, -0.2) is 0 Å². The zero-order valence-corrected chi connectivity index (χ0v) is 13.8. The topological polar surface area (TPSA) is 102 Å². The summed E-state index contributed by atoms with van der Waals surface area (Å²) in [6, 6.07) is 7.59. The van der Waals surface area contributed by atoms with E-state index in [0.29, 0.717) is 6.54 Å². The molecule has 0 fully saturated rings. The SMILES string of the molecule is O=C(Nc1ccc2[nH]nc(-c3ccoc3)c2c1)[C@@H]1CCc2nncn2C1. The summed E-state index contributed by atoms with van der Waals surface area (Å²) < 4.78 is 7.10. The van der Waals surface area contributed by atoms with Gasteiger partial charge in [-0.15, -0.1) is 10.2 Å². The molecule has 0 spiro atoms. The Hall–Kier alpha value is -3.42. The number of anilines is 1. The summed E-state index contributed by atoms with van der Waals surface area (Å²) in [5, 5.41) is 19.3. The fourth-order valence-electron chi connectivity index (χ4n) is 3.43. The summed E-state index contributed by atoms with van der Waals surface area (Å²) in [4.78, 5) is 12.7. The molecule has 1 amide bonds. The molecule has 1 atom stereocenters. The molecule has 4 heterocycles. The van der Waals surface area contributed by atoms with Crippen molar-refractivity contribution in [2.75, 3.05) is 5.32 Å². The third kappa shape index (κ3) is 2.46. The summed E-state index contributed by atoms with van der Waals surface area (Å²) in [5.74, 6) is 0.863. The Kier molecular flexibility index (Phi) is 3.34. The van der Waals surface area contributed by atoms with Gasteiger partial charge in [-0.05, 0) is 30.7 Å². The minimum Gasteiger partial charge on any atom is -0.472 e. The number of benzene rings is 1. The molecule has 1 aliphatic rings. The first-order valence-corrected chi connectivity index (χ1v) is 8.46. The number of aromatic nitrogens is 5. The zero-order chi connectivity index (χ0) is 17.5. The largest absolute Gasteiger partial charge is 0.472 e. The van der Waals surface area contributed by atoms with E-state index in [1.807, 2.05) is 28.8 Å². The van der Waals surface area contributed by atoms with Crippen molar-refractivity contribution >= 4 is 22.5 Å². The van der Waals surface area contributed by atoms with E-state index in [1.54, 1.807) is 18.9 Å². The van der Waals surface area contributed by atoms with Crippen LogP contribution in [-0.4, -0.2) is 30.9 Å². The molecule has 0 saturated carbocycles. The Balaban J connectivity index is 1.39. The highest BCUT2D eigenvalue weighted by Gasteiger charge is 2.25. The molecule has 8 heteroatoms. The number of aromatic amines is 1. The minimum absolute atomic E-state index is 0.0112. The molecule has 0 bridgehead atoms. The molecule has 2 N–H and O–H groups in total. The Morgan fingerprint density at radius 2 is 2.31 bits per heavy atom. The monoisotopic (exact) mass is 348 g/mol. The van der Waals surface area contributed by atoms with Crippen molar-refractivity contribution in [3.63, 3.8) is 0 Å². The van der Waals surface area contributed by atoms with Crippen molar-refractivity contribution in [1.82, 2.24) is 25.0 Å². The summed E-state index contributed by atoms with van der Waals surface area (Å²) in [6.07, 6.45) is 6.50. The maximum atomic E-state index is 12.7. The lowest BCUT2D eigenvalue weighted by Crippen LogP contribution is -2.31. The first-order chi connectivity index (χ1) is 12.8. The van der Waals surface area contributed by atoms with Gasteiger partial charge in [0.05, 0.1) is 24.0 Å². The standard InChI is InChI=1S/C18H16N6O2/c25-18(11-1-4-16-22-19-10-24(16)8-11)20-13-2-3-15-14(7-13)17(23-21-15)12-5-6-26-9-12/h2-3,5-7,9-11H,1,4,8H2,(H,20,25)(H,21,23)/t11-/m1/s1. The number of amides is 1. The van der Waals surface area contributed by atoms with E-state index < -0.39 is 0 Å². The van der Waals surface area contributed by atoms with Crippen LogP contribution in [0.15, 0.2) is 47.5 Å². The van der Waals surface area contributed by atoms with Crippen LogP contribution < -0.4 is 5.32 Å². The maximum Gasteiger partial charge on any atom is 0.229 e. The molecule has 8 nitrogen and oxygen atoms in total. The second kappa shape index (κ2) is 5.83. The van der Waals surface area contributed by atoms with E-state index in [2.05, 4.69) is 25.7 Å². The minimum atomic E-state index is -0.0908. The van der Waals surface area contributed by atoms with Gasteiger partial charge in [0, 0.05) is 29.6 Å². The van der Waals surface area contributed by atoms with Crippen molar-refractivity contribution in [3.8, 4) is 11.3 Å². The predicted octanol–water partition coefficient (Wildman–Crippen LogP) is 2.62. The van der Waals surface area contributed by atoms with Crippen molar-refractivity contribution in [1.29, 1.82) is 0 Å². The summed E-state index contributed by atoms with van der Waals surface area (Å²) in [6.45, 7) is 0.613. The van der Waals surface area contributed by atoms with Crippen molar-refractivity contribution < 1.29 is 9.21 Å². The number of H-pyrrole nitrogens is 1. The number of nitrogens with one attached hydrogen (secondary N) is 2. The Labute approximate surface area is 148 Å². The van der Waals surface area contributed by atoms with E-state index in [9.17, 15) is 4.79 Å². The smallest absolute Gasteiger partial charge is 0.229 e. The summed E-state index contributed by atoms with van der Waals surface area (Å²) in [7, 11) is 0. The highest BCUT2D eigenvalue weighted by atomic mass is 16.3. The van der Waals surface area contributed by atoms with E-state index in [-0.39, 0.29) is 11.8 Å². The molecule has 4 aromatic rings. The number of hydrogen-bond donors (Lipinski definition) is 2. The lowest BCUT2D eigenvalue weighted by atomic mass is 9.98. The van der Waals surface area contributed by atoms with Gasteiger partial charge < -0.3 is 14.3 Å². The number of rotatable bonds is 3. The number of furan rings is 1. The molecule has 130 valence electrons. The first-order valence-electron chi connectivity index (χ1n) is 8.46. The van der Waals surface area contributed by atoms with E-state index in [0.717, 1.165) is 46.5 Å². The van der Waals surface area contributed by atoms with Gasteiger partial charge in [0.25, 0.3) is 0 Å². The van der Waals surface area contributed by atoms with Gasteiger partial charge in [0.2, 0.25) is 5.91 Å². The Morgan fingerprint density at radius 3 is 3.19 bits per heavy atom. The summed E-state index contributed by atoms with van der Waals surface area (Å²) >= 11 is 0. The number of hydrogen-bond acceptors (Lipinski definition) is 5. The molecule has 1 aliphatic heterocycles. The van der Waals surface area contributed by atoms with Crippen molar-refractivity contribution in [2.24, 2.45) is 5.92 Å². The van der Waals surface area contributed by atoms with Crippen molar-refractivity contribution in [2.45, 2.75) is 19.4 Å².